The predicted octanol–water partition coefficient (Wildman–Crippen LogP) is 0.186. The van der Waals surface area contributed by atoms with E-state index < -0.39 is 35.5 Å². The highest BCUT2D eigenvalue weighted by Crippen LogP contribution is 2.07. The van der Waals surface area contributed by atoms with Gasteiger partial charge in [-0.1, -0.05) is 0 Å². The molecule has 0 unspecified atom stereocenters. The Bertz CT molecular complexity index is 662. The lowest BCUT2D eigenvalue weighted by Gasteiger charge is -2.19. The summed E-state index contributed by atoms with van der Waals surface area (Å²) in [5.41, 5.74) is -2.69. The van der Waals surface area contributed by atoms with Crippen molar-refractivity contribution in [3.8, 4) is 0 Å². The first kappa shape index (κ1) is 15.7. The van der Waals surface area contributed by atoms with Gasteiger partial charge in [-0.25, -0.2) is 9.59 Å². The highest BCUT2D eigenvalue weighted by molar-refractivity contribution is 5.71. The maximum absolute atomic E-state index is 12.0. The van der Waals surface area contributed by atoms with Gasteiger partial charge in [0.1, 0.15) is 12.1 Å². The molecular formula is C12H16N2O6. The van der Waals surface area contributed by atoms with Gasteiger partial charge < -0.3 is 9.84 Å². The zero-order valence-electron chi connectivity index (χ0n) is 11.7. The summed E-state index contributed by atoms with van der Waals surface area (Å²) in [4.78, 5) is 46.4. The fraction of sp³-hybridized carbons (Fsp3) is 0.500. The fourth-order valence-corrected chi connectivity index (χ4v) is 1.46. The molecule has 20 heavy (non-hydrogen) atoms. The molecule has 1 rings (SSSR count). The van der Waals surface area contributed by atoms with Crippen molar-refractivity contribution in [3.63, 3.8) is 0 Å². The topological polar surface area (TPSA) is 108 Å². The molecule has 0 aromatic carbocycles. The second-order valence-corrected chi connectivity index (χ2v) is 5.24. The first-order valence-corrected chi connectivity index (χ1v) is 5.81. The molecular weight excluding hydrogens is 268 g/mol. The maximum Gasteiger partial charge on any atom is 0.425 e. The van der Waals surface area contributed by atoms with E-state index in [2.05, 4.69) is 0 Å². The number of carboxylic acids is 1. The van der Waals surface area contributed by atoms with Gasteiger partial charge in [-0.2, -0.15) is 4.57 Å². The second kappa shape index (κ2) is 5.32. The van der Waals surface area contributed by atoms with E-state index >= 15 is 0 Å². The van der Waals surface area contributed by atoms with E-state index in [1.807, 2.05) is 0 Å². The molecule has 0 saturated heterocycles. The van der Waals surface area contributed by atoms with Crippen LogP contribution in [0.2, 0.25) is 0 Å². The van der Waals surface area contributed by atoms with Crippen molar-refractivity contribution in [3.05, 3.63) is 32.6 Å². The number of hydrogen-bond acceptors (Lipinski definition) is 5. The zero-order chi connectivity index (χ0) is 15.7. The lowest BCUT2D eigenvalue weighted by Crippen LogP contribution is -2.46. The van der Waals surface area contributed by atoms with Crippen LogP contribution >= 0.6 is 0 Å². The van der Waals surface area contributed by atoms with Crippen LogP contribution in [0.5, 0.6) is 0 Å². The minimum Gasteiger partial charge on any atom is -0.480 e. The van der Waals surface area contributed by atoms with E-state index in [1.54, 1.807) is 20.8 Å². The van der Waals surface area contributed by atoms with Crippen molar-refractivity contribution in [1.82, 2.24) is 9.13 Å². The third-order valence-electron chi connectivity index (χ3n) is 2.21. The van der Waals surface area contributed by atoms with E-state index in [9.17, 15) is 19.2 Å². The quantitative estimate of drug-likeness (QED) is 0.830. The molecule has 0 aliphatic carbocycles. The highest BCUT2D eigenvalue weighted by Gasteiger charge is 2.23. The highest BCUT2D eigenvalue weighted by atomic mass is 16.6. The number of carbonyl (C=O) groups is 2. The van der Waals surface area contributed by atoms with Gasteiger partial charge in [0.05, 0.1) is 0 Å². The van der Waals surface area contributed by atoms with Gasteiger partial charge in [0.15, 0.2) is 0 Å². The second-order valence-electron chi connectivity index (χ2n) is 5.24. The van der Waals surface area contributed by atoms with E-state index in [1.165, 1.54) is 6.92 Å². The Hall–Kier alpha value is -2.38. The molecule has 8 heteroatoms. The Labute approximate surface area is 114 Å². The Kier molecular flexibility index (Phi) is 4.17. The molecule has 0 atom stereocenters. The molecule has 0 fully saturated rings. The molecule has 0 amide bonds. The van der Waals surface area contributed by atoms with Crippen LogP contribution in [0.1, 0.15) is 26.3 Å². The first-order chi connectivity index (χ1) is 9.03. The summed E-state index contributed by atoms with van der Waals surface area (Å²) in [5.74, 6) is -1.26. The first-order valence-electron chi connectivity index (χ1n) is 5.81. The van der Waals surface area contributed by atoms with E-state index in [4.69, 9.17) is 9.84 Å². The molecule has 0 bridgehead atoms. The number of nitrogens with zero attached hydrogens (tertiary/aromatic N) is 2. The average molecular weight is 284 g/mol. The molecule has 8 nitrogen and oxygen atoms in total. The Balaban J connectivity index is 3.43. The summed E-state index contributed by atoms with van der Waals surface area (Å²) < 4.78 is 6.03. The smallest absolute Gasteiger partial charge is 0.425 e. The lowest BCUT2D eigenvalue weighted by atomic mass is 10.2. The van der Waals surface area contributed by atoms with Crippen molar-refractivity contribution < 1.29 is 19.4 Å². The van der Waals surface area contributed by atoms with Crippen LogP contribution in [-0.2, 0) is 16.1 Å². The standard InChI is InChI=1S/C12H16N2O6/c1-7-5-13(6-8(15)16)10(18)14(9(7)17)11(19)20-12(2,3)4/h5H,6H2,1-4H3,(H,15,16). The number of hydrogen-bond donors (Lipinski definition) is 1. The molecule has 0 saturated carbocycles. The molecule has 0 radical (unpaired) electrons. The van der Waals surface area contributed by atoms with E-state index in [0.717, 1.165) is 10.8 Å². The zero-order valence-corrected chi connectivity index (χ0v) is 11.7. The van der Waals surface area contributed by atoms with Crippen LogP contribution in [0.3, 0.4) is 0 Å². The van der Waals surface area contributed by atoms with E-state index in [0.29, 0.717) is 4.57 Å². The SMILES string of the molecule is Cc1cn(CC(=O)O)c(=O)n(C(=O)OC(C)(C)C)c1=O. The number of carboxylic acid groups (broad SMARTS) is 1. The van der Waals surface area contributed by atoms with E-state index in [-0.39, 0.29) is 5.56 Å². The molecule has 1 heterocycles. The maximum atomic E-state index is 12.0. The third-order valence-corrected chi connectivity index (χ3v) is 2.21. The Morgan fingerprint density at radius 1 is 1.30 bits per heavy atom. The van der Waals surface area contributed by atoms with Crippen LogP contribution in [0.4, 0.5) is 4.79 Å². The summed E-state index contributed by atoms with van der Waals surface area (Å²) >= 11 is 0. The minimum atomic E-state index is -1.26. The number of aromatic nitrogens is 2. The molecule has 1 aromatic rings. The number of aryl methyl sites for hydroxylation is 1. The molecule has 1 aromatic heterocycles. The van der Waals surface area contributed by atoms with Gasteiger partial charge in [0.25, 0.3) is 5.56 Å². The van der Waals surface area contributed by atoms with Crippen molar-refractivity contribution in [1.29, 1.82) is 0 Å². The Morgan fingerprint density at radius 3 is 2.30 bits per heavy atom. The molecule has 110 valence electrons. The van der Waals surface area contributed by atoms with Gasteiger partial charge in [-0.15, -0.1) is 0 Å². The van der Waals surface area contributed by atoms with Crippen LogP contribution < -0.4 is 11.2 Å². The van der Waals surface area contributed by atoms with Crippen LogP contribution in [0, 0.1) is 6.92 Å². The average Bonchev–Trinajstić information content (AvgIpc) is 2.22. The van der Waals surface area contributed by atoms with Crippen LogP contribution in [0.25, 0.3) is 0 Å². The lowest BCUT2D eigenvalue weighted by molar-refractivity contribution is -0.137. The van der Waals surface area contributed by atoms with Crippen LogP contribution in [0.15, 0.2) is 15.8 Å². The fourth-order valence-electron chi connectivity index (χ4n) is 1.46. The summed E-state index contributed by atoms with van der Waals surface area (Å²) in [6, 6.07) is 0. The number of aliphatic carboxylic acids is 1. The number of carbonyl (C=O) groups excluding carboxylic acids is 1. The monoisotopic (exact) mass is 284 g/mol. The molecule has 1 N–H and O–H groups in total. The minimum absolute atomic E-state index is 0.0664. The van der Waals surface area contributed by atoms with Crippen molar-refractivity contribution >= 4 is 12.1 Å². The van der Waals surface area contributed by atoms with Crippen LogP contribution in [-0.4, -0.2) is 31.9 Å². The van der Waals surface area contributed by atoms with Gasteiger partial charge in [0.2, 0.25) is 0 Å². The van der Waals surface area contributed by atoms with Gasteiger partial charge in [-0.3, -0.25) is 14.2 Å². The molecule has 0 aliphatic heterocycles. The molecule has 0 aliphatic rings. The van der Waals surface area contributed by atoms with Gasteiger partial charge in [0, 0.05) is 11.8 Å². The van der Waals surface area contributed by atoms with Gasteiger partial charge in [-0.05, 0) is 27.7 Å². The number of ether oxygens (including phenoxy) is 1. The number of rotatable bonds is 2. The summed E-state index contributed by atoms with van der Waals surface area (Å²) in [5, 5.41) is 8.70. The molecule has 0 spiro atoms. The summed E-state index contributed by atoms with van der Waals surface area (Å²) in [7, 11) is 0. The predicted molar refractivity (Wildman–Crippen MR) is 69.0 cm³/mol. The van der Waals surface area contributed by atoms with Crippen molar-refractivity contribution in [2.24, 2.45) is 0 Å². The summed E-state index contributed by atoms with van der Waals surface area (Å²) in [6.45, 7) is 5.48. The van der Waals surface area contributed by atoms with Gasteiger partial charge >= 0.3 is 17.8 Å². The largest absolute Gasteiger partial charge is 0.480 e. The third kappa shape index (κ3) is 3.56. The normalized spacial score (nSPS) is 11.2. The van der Waals surface area contributed by atoms with Crippen molar-refractivity contribution in [2.45, 2.75) is 39.8 Å². The summed E-state index contributed by atoms with van der Waals surface area (Å²) in [6.07, 6.45) is -0.0324. The van der Waals surface area contributed by atoms with Crippen molar-refractivity contribution in [2.75, 3.05) is 0 Å². The Morgan fingerprint density at radius 2 is 1.85 bits per heavy atom.